The fraction of sp³-hybridized carbons (Fsp3) is 1.00. The van der Waals surface area contributed by atoms with Crippen molar-refractivity contribution in [1.29, 1.82) is 0 Å². The summed E-state index contributed by atoms with van der Waals surface area (Å²) in [5.74, 6) is 2.65. The van der Waals surface area contributed by atoms with Gasteiger partial charge in [-0.1, -0.05) is 13.8 Å². The fourth-order valence-corrected chi connectivity index (χ4v) is 2.76. The van der Waals surface area contributed by atoms with Crippen LogP contribution in [0.1, 0.15) is 33.1 Å². The summed E-state index contributed by atoms with van der Waals surface area (Å²) >= 11 is 0. The number of rotatable bonds is 5. The van der Waals surface area contributed by atoms with Crippen LogP contribution in [-0.4, -0.2) is 38.6 Å². The molecule has 1 aliphatic rings. The maximum atomic E-state index is 3.54. The number of piperidine rings is 1. The third-order valence-electron chi connectivity index (χ3n) is 3.71. The van der Waals surface area contributed by atoms with Gasteiger partial charge in [-0.05, 0) is 70.7 Å². The molecule has 0 amide bonds. The minimum absolute atomic E-state index is 0.829. The summed E-state index contributed by atoms with van der Waals surface area (Å²) in [6.07, 6.45) is 4.16. The second-order valence-corrected chi connectivity index (χ2v) is 5.61. The first-order valence-electron chi connectivity index (χ1n) is 6.46. The number of hydrogen-bond acceptors (Lipinski definition) is 2. The molecular formula is C13H28N2. The van der Waals surface area contributed by atoms with Gasteiger partial charge in [0.25, 0.3) is 0 Å². The molecule has 1 heterocycles. The molecule has 1 fully saturated rings. The lowest BCUT2D eigenvalue weighted by Crippen LogP contribution is -2.37. The molecule has 90 valence electrons. The molecule has 1 rings (SSSR count). The van der Waals surface area contributed by atoms with Crippen molar-refractivity contribution in [2.24, 2.45) is 17.8 Å². The summed E-state index contributed by atoms with van der Waals surface area (Å²) in [5, 5.41) is 3.54. The van der Waals surface area contributed by atoms with Crippen molar-refractivity contribution >= 4 is 0 Å². The maximum absolute atomic E-state index is 3.54. The molecule has 0 aromatic heterocycles. The SMILES string of the molecule is CC(C)C(CCN(C)C)C1CCCNC1. The van der Waals surface area contributed by atoms with Gasteiger partial charge in [0.2, 0.25) is 0 Å². The standard InChI is InChI=1S/C13H28N2/c1-11(2)13(7-9-15(3)4)12-6-5-8-14-10-12/h11-14H,5-10H2,1-4H3. The number of nitrogens with zero attached hydrogens (tertiary/aromatic N) is 1. The van der Waals surface area contributed by atoms with E-state index in [1.165, 1.54) is 38.9 Å². The Bertz CT molecular complexity index is 160. The zero-order valence-corrected chi connectivity index (χ0v) is 10.9. The first-order valence-corrected chi connectivity index (χ1v) is 6.46. The molecule has 0 spiro atoms. The lowest BCUT2D eigenvalue weighted by molar-refractivity contribution is 0.181. The quantitative estimate of drug-likeness (QED) is 0.751. The van der Waals surface area contributed by atoms with E-state index in [1.807, 2.05) is 0 Å². The zero-order valence-electron chi connectivity index (χ0n) is 10.9. The van der Waals surface area contributed by atoms with Gasteiger partial charge in [-0.25, -0.2) is 0 Å². The van der Waals surface area contributed by atoms with E-state index in [1.54, 1.807) is 0 Å². The Hall–Kier alpha value is -0.0800. The van der Waals surface area contributed by atoms with Gasteiger partial charge >= 0.3 is 0 Å². The highest BCUT2D eigenvalue weighted by atomic mass is 15.0. The molecule has 2 nitrogen and oxygen atoms in total. The van der Waals surface area contributed by atoms with Crippen LogP contribution in [0.2, 0.25) is 0 Å². The van der Waals surface area contributed by atoms with E-state index in [2.05, 4.69) is 38.2 Å². The average molecular weight is 212 g/mol. The van der Waals surface area contributed by atoms with Gasteiger partial charge in [0.05, 0.1) is 0 Å². The Labute approximate surface area is 95.4 Å². The van der Waals surface area contributed by atoms with Gasteiger partial charge in [-0.3, -0.25) is 0 Å². The van der Waals surface area contributed by atoms with Gasteiger partial charge in [-0.2, -0.15) is 0 Å². The molecule has 1 saturated heterocycles. The van der Waals surface area contributed by atoms with E-state index in [0.717, 1.165) is 17.8 Å². The lowest BCUT2D eigenvalue weighted by atomic mass is 9.77. The lowest BCUT2D eigenvalue weighted by Gasteiger charge is -2.34. The van der Waals surface area contributed by atoms with Gasteiger partial charge in [0.1, 0.15) is 0 Å². The van der Waals surface area contributed by atoms with E-state index in [4.69, 9.17) is 0 Å². The molecule has 0 aromatic carbocycles. The highest BCUT2D eigenvalue weighted by Crippen LogP contribution is 2.29. The first-order chi connectivity index (χ1) is 7.11. The van der Waals surface area contributed by atoms with E-state index >= 15 is 0 Å². The Kier molecular flexibility index (Phi) is 5.62. The summed E-state index contributed by atoms with van der Waals surface area (Å²) in [4.78, 5) is 2.31. The number of nitrogens with one attached hydrogen (secondary N) is 1. The van der Waals surface area contributed by atoms with Crippen molar-refractivity contribution in [3.05, 3.63) is 0 Å². The van der Waals surface area contributed by atoms with Crippen LogP contribution in [0.3, 0.4) is 0 Å². The van der Waals surface area contributed by atoms with Crippen molar-refractivity contribution in [2.75, 3.05) is 33.7 Å². The van der Waals surface area contributed by atoms with Gasteiger partial charge in [0, 0.05) is 0 Å². The molecule has 0 radical (unpaired) electrons. The van der Waals surface area contributed by atoms with Crippen LogP contribution in [0.4, 0.5) is 0 Å². The Morgan fingerprint density at radius 2 is 2.07 bits per heavy atom. The smallest absolute Gasteiger partial charge is 0.00178 e. The van der Waals surface area contributed by atoms with Crippen LogP contribution in [-0.2, 0) is 0 Å². The minimum atomic E-state index is 0.829. The summed E-state index contributed by atoms with van der Waals surface area (Å²) < 4.78 is 0. The van der Waals surface area contributed by atoms with E-state index < -0.39 is 0 Å². The first kappa shape index (κ1) is 13.0. The predicted molar refractivity (Wildman–Crippen MR) is 67.1 cm³/mol. The highest BCUT2D eigenvalue weighted by Gasteiger charge is 2.25. The summed E-state index contributed by atoms with van der Waals surface area (Å²) in [5.41, 5.74) is 0. The third kappa shape index (κ3) is 4.52. The van der Waals surface area contributed by atoms with Crippen LogP contribution < -0.4 is 5.32 Å². The van der Waals surface area contributed by atoms with Crippen molar-refractivity contribution in [3.63, 3.8) is 0 Å². The molecule has 2 atom stereocenters. The Balaban J connectivity index is 2.41. The second kappa shape index (κ2) is 6.49. The fourth-order valence-electron chi connectivity index (χ4n) is 2.76. The summed E-state index contributed by atoms with van der Waals surface area (Å²) in [6.45, 7) is 8.48. The molecule has 1 aliphatic heterocycles. The van der Waals surface area contributed by atoms with Crippen LogP contribution in [0.15, 0.2) is 0 Å². The highest BCUT2D eigenvalue weighted by molar-refractivity contribution is 4.78. The van der Waals surface area contributed by atoms with E-state index in [-0.39, 0.29) is 0 Å². The normalized spacial score (nSPS) is 24.8. The van der Waals surface area contributed by atoms with Crippen molar-refractivity contribution in [3.8, 4) is 0 Å². The summed E-state index contributed by atoms with van der Waals surface area (Å²) in [7, 11) is 4.35. The number of hydrogen-bond donors (Lipinski definition) is 1. The molecule has 0 bridgehead atoms. The van der Waals surface area contributed by atoms with Gasteiger partial charge in [0.15, 0.2) is 0 Å². The third-order valence-corrected chi connectivity index (χ3v) is 3.71. The second-order valence-electron chi connectivity index (χ2n) is 5.61. The van der Waals surface area contributed by atoms with E-state index in [0.29, 0.717) is 0 Å². The molecule has 0 aromatic rings. The molecule has 0 aliphatic carbocycles. The monoisotopic (exact) mass is 212 g/mol. The summed E-state index contributed by atoms with van der Waals surface area (Å²) in [6, 6.07) is 0. The van der Waals surface area contributed by atoms with Crippen LogP contribution >= 0.6 is 0 Å². The molecule has 0 saturated carbocycles. The minimum Gasteiger partial charge on any atom is -0.316 e. The Morgan fingerprint density at radius 1 is 1.33 bits per heavy atom. The topological polar surface area (TPSA) is 15.3 Å². The van der Waals surface area contributed by atoms with Gasteiger partial charge < -0.3 is 10.2 Å². The zero-order chi connectivity index (χ0) is 11.3. The molecule has 2 heteroatoms. The molecule has 15 heavy (non-hydrogen) atoms. The van der Waals surface area contributed by atoms with Crippen molar-refractivity contribution in [1.82, 2.24) is 10.2 Å². The van der Waals surface area contributed by atoms with Crippen LogP contribution in [0, 0.1) is 17.8 Å². The van der Waals surface area contributed by atoms with Crippen LogP contribution in [0.5, 0.6) is 0 Å². The maximum Gasteiger partial charge on any atom is -0.00178 e. The molecular weight excluding hydrogens is 184 g/mol. The average Bonchev–Trinajstić information content (AvgIpc) is 2.18. The molecule has 2 unspecified atom stereocenters. The van der Waals surface area contributed by atoms with Crippen molar-refractivity contribution < 1.29 is 0 Å². The van der Waals surface area contributed by atoms with Gasteiger partial charge in [-0.15, -0.1) is 0 Å². The molecule has 1 N–H and O–H groups in total. The van der Waals surface area contributed by atoms with E-state index in [9.17, 15) is 0 Å². The Morgan fingerprint density at radius 3 is 2.53 bits per heavy atom. The van der Waals surface area contributed by atoms with Crippen molar-refractivity contribution in [2.45, 2.75) is 33.1 Å². The van der Waals surface area contributed by atoms with Crippen LogP contribution in [0.25, 0.3) is 0 Å². The largest absolute Gasteiger partial charge is 0.316 e. The predicted octanol–water partition coefficient (Wildman–Crippen LogP) is 2.21.